The van der Waals surface area contributed by atoms with Gasteiger partial charge in [-0.1, -0.05) is 62.1 Å². The average molecular weight is 322 g/mol. The third kappa shape index (κ3) is 9.51. The number of nitrogens with one attached hydrogen (secondary N) is 1. The molecule has 1 rings (SSSR count). The van der Waals surface area contributed by atoms with Crippen LogP contribution in [0.4, 0.5) is 0 Å². The Morgan fingerprint density at radius 1 is 1.13 bits per heavy atom. The molecule has 5 heteroatoms. The molecule has 0 spiro atoms. The molecule has 132 valence electrons. The smallest absolute Gasteiger partial charge is 0.111 e. The van der Waals surface area contributed by atoms with Crippen molar-refractivity contribution in [2.24, 2.45) is 16.2 Å². The van der Waals surface area contributed by atoms with Gasteiger partial charge >= 0.3 is 0 Å². The number of hydrogen-bond donors (Lipinski definition) is 3. The number of aliphatic hydroxyl groups excluding tert-OH is 1. The van der Waals surface area contributed by atoms with Crippen LogP contribution in [0.1, 0.15) is 64.7 Å². The van der Waals surface area contributed by atoms with E-state index in [4.69, 9.17) is 5.84 Å². The minimum Gasteiger partial charge on any atom is -0.391 e. The van der Waals surface area contributed by atoms with E-state index in [0.29, 0.717) is 19.0 Å². The third-order valence-corrected chi connectivity index (χ3v) is 4.34. The van der Waals surface area contributed by atoms with Crippen molar-refractivity contribution in [1.29, 1.82) is 0 Å². The number of unbranched alkanes of at least 4 members (excludes halogenated alkanes) is 5. The van der Waals surface area contributed by atoms with Crippen LogP contribution in [0.5, 0.6) is 0 Å². The second-order valence-electron chi connectivity index (χ2n) is 6.34. The standard InChI is InChI=1S/C18H34N4O/c1-2-3-4-5-6-7-8-9-10-11-12-13-16-14-18(23)17(15-20-16)21-22-19/h8-11,16-18,20,23H,2-7,12-15H2,1H3,(H2,19,21)/b9-8-,11-10+/t16-,17+,18-/m1/s1. The quantitative estimate of drug-likeness (QED) is 0.178. The van der Waals surface area contributed by atoms with Crippen LogP contribution in [-0.4, -0.2) is 29.8 Å². The van der Waals surface area contributed by atoms with Crippen LogP contribution in [0.25, 0.3) is 0 Å². The second kappa shape index (κ2) is 13.3. The molecule has 0 aromatic heterocycles. The highest BCUT2D eigenvalue weighted by molar-refractivity contribution is 5.02. The molecule has 23 heavy (non-hydrogen) atoms. The normalized spacial score (nSPS) is 25.9. The van der Waals surface area contributed by atoms with Crippen LogP contribution in [0, 0.1) is 0 Å². The van der Waals surface area contributed by atoms with Crippen molar-refractivity contribution >= 4 is 0 Å². The highest BCUT2D eigenvalue weighted by Crippen LogP contribution is 2.16. The van der Waals surface area contributed by atoms with Crippen molar-refractivity contribution in [1.82, 2.24) is 5.32 Å². The lowest BCUT2D eigenvalue weighted by Gasteiger charge is -2.31. The van der Waals surface area contributed by atoms with Gasteiger partial charge in [0, 0.05) is 12.6 Å². The van der Waals surface area contributed by atoms with Crippen molar-refractivity contribution in [2.45, 2.75) is 82.9 Å². The fourth-order valence-electron chi connectivity index (χ4n) is 2.89. The Bertz CT molecular complexity index is 368. The average Bonchev–Trinajstić information content (AvgIpc) is 2.55. The lowest BCUT2D eigenvalue weighted by Crippen LogP contribution is -2.48. The van der Waals surface area contributed by atoms with E-state index in [2.05, 4.69) is 46.9 Å². The van der Waals surface area contributed by atoms with Crippen LogP contribution in [0.3, 0.4) is 0 Å². The fourth-order valence-corrected chi connectivity index (χ4v) is 2.89. The second-order valence-corrected chi connectivity index (χ2v) is 6.34. The van der Waals surface area contributed by atoms with Gasteiger partial charge in [-0.05, 0) is 32.1 Å². The summed E-state index contributed by atoms with van der Waals surface area (Å²) in [5.74, 6) is 5.04. The molecule has 0 bridgehead atoms. The topological polar surface area (TPSA) is 83.0 Å². The zero-order valence-electron chi connectivity index (χ0n) is 14.5. The molecule has 0 amide bonds. The highest BCUT2D eigenvalue weighted by Gasteiger charge is 2.28. The van der Waals surface area contributed by atoms with Crippen LogP contribution in [0.2, 0.25) is 0 Å². The van der Waals surface area contributed by atoms with Crippen molar-refractivity contribution in [3.8, 4) is 0 Å². The zero-order valence-corrected chi connectivity index (χ0v) is 14.5. The zero-order chi connectivity index (χ0) is 16.8. The number of allylic oxidation sites excluding steroid dienone is 4. The molecule has 5 nitrogen and oxygen atoms in total. The largest absolute Gasteiger partial charge is 0.391 e. The van der Waals surface area contributed by atoms with Crippen molar-refractivity contribution in [2.75, 3.05) is 6.54 Å². The van der Waals surface area contributed by atoms with E-state index in [9.17, 15) is 5.11 Å². The maximum atomic E-state index is 9.97. The molecule has 0 aliphatic carbocycles. The minimum atomic E-state index is -0.440. The van der Waals surface area contributed by atoms with Gasteiger partial charge in [0.15, 0.2) is 0 Å². The van der Waals surface area contributed by atoms with E-state index >= 15 is 0 Å². The summed E-state index contributed by atoms with van der Waals surface area (Å²) >= 11 is 0. The Morgan fingerprint density at radius 2 is 1.87 bits per heavy atom. The van der Waals surface area contributed by atoms with Gasteiger partial charge < -0.3 is 16.3 Å². The summed E-state index contributed by atoms with van der Waals surface area (Å²) in [6, 6.07) is 0.147. The Hall–Kier alpha value is -1.20. The van der Waals surface area contributed by atoms with Gasteiger partial charge in [-0.3, -0.25) is 0 Å². The summed E-state index contributed by atoms with van der Waals surface area (Å²) in [6.45, 7) is 2.89. The molecule has 0 radical (unpaired) electrons. The van der Waals surface area contributed by atoms with Crippen LogP contribution < -0.4 is 11.2 Å². The molecule has 0 saturated carbocycles. The molecular formula is C18H34N4O. The summed E-state index contributed by atoms with van der Waals surface area (Å²) < 4.78 is 0. The van der Waals surface area contributed by atoms with Gasteiger partial charge in [0.2, 0.25) is 0 Å². The first-order valence-corrected chi connectivity index (χ1v) is 9.11. The SMILES string of the molecule is CCCCCCC/C=C\C=C\CC[C@@H]1C[C@@H](O)[C@@H](N=NN)CN1. The summed E-state index contributed by atoms with van der Waals surface area (Å²) in [5.41, 5.74) is 0. The lowest BCUT2D eigenvalue weighted by molar-refractivity contribution is 0.0924. The Labute approximate surface area is 141 Å². The molecule has 0 aromatic rings. The maximum absolute atomic E-state index is 9.97. The first kappa shape index (κ1) is 19.8. The van der Waals surface area contributed by atoms with Crippen LogP contribution in [-0.2, 0) is 0 Å². The molecule has 1 aliphatic rings. The van der Waals surface area contributed by atoms with Crippen molar-refractivity contribution < 1.29 is 5.11 Å². The van der Waals surface area contributed by atoms with E-state index in [1.54, 1.807) is 0 Å². The molecule has 0 aromatic carbocycles. The Morgan fingerprint density at radius 3 is 2.57 bits per heavy atom. The van der Waals surface area contributed by atoms with Crippen LogP contribution in [0.15, 0.2) is 34.6 Å². The number of rotatable bonds is 11. The number of nitrogens with two attached hydrogens (primary N) is 1. The first-order chi connectivity index (χ1) is 11.3. The molecule has 4 N–H and O–H groups in total. The van der Waals surface area contributed by atoms with Gasteiger partial charge in [0.05, 0.1) is 6.10 Å². The van der Waals surface area contributed by atoms with E-state index < -0.39 is 6.10 Å². The van der Waals surface area contributed by atoms with E-state index in [1.807, 2.05) is 0 Å². The number of aliphatic hydroxyl groups is 1. The summed E-state index contributed by atoms with van der Waals surface area (Å²) in [5, 5.41) is 20.5. The number of piperidine rings is 1. The predicted molar refractivity (Wildman–Crippen MR) is 96.1 cm³/mol. The number of hydrogen-bond acceptors (Lipinski definition) is 4. The summed E-state index contributed by atoms with van der Waals surface area (Å²) in [4.78, 5) is 0. The van der Waals surface area contributed by atoms with Gasteiger partial charge in [-0.25, -0.2) is 0 Å². The van der Waals surface area contributed by atoms with Crippen LogP contribution >= 0.6 is 0 Å². The van der Waals surface area contributed by atoms with Gasteiger partial charge in [0.1, 0.15) is 6.04 Å². The third-order valence-electron chi connectivity index (χ3n) is 4.34. The summed E-state index contributed by atoms with van der Waals surface area (Å²) in [7, 11) is 0. The first-order valence-electron chi connectivity index (χ1n) is 9.11. The highest BCUT2D eigenvalue weighted by atomic mass is 16.3. The molecule has 1 aliphatic heterocycles. The molecule has 1 fully saturated rings. The van der Waals surface area contributed by atoms with E-state index in [0.717, 1.165) is 12.8 Å². The molecular weight excluding hydrogens is 288 g/mol. The monoisotopic (exact) mass is 322 g/mol. The Kier molecular flexibility index (Phi) is 11.4. The Balaban J connectivity index is 2.04. The molecule has 3 atom stereocenters. The van der Waals surface area contributed by atoms with E-state index in [-0.39, 0.29) is 6.04 Å². The predicted octanol–water partition coefficient (Wildman–Crippen LogP) is 3.66. The maximum Gasteiger partial charge on any atom is 0.111 e. The van der Waals surface area contributed by atoms with E-state index in [1.165, 1.54) is 38.5 Å². The molecule has 0 unspecified atom stereocenters. The minimum absolute atomic E-state index is 0.202. The summed E-state index contributed by atoms with van der Waals surface area (Å²) in [6.07, 6.45) is 19.0. The van der Waals surface area contributed by atoms with Gasteiger partial charge in [-0.15, -0.1) is 0 Å². The van der Waals surface area contributed by atoms with Gasteiger partial charge in [0.25, 0.3) is 0 Å². The fraction of sp³-hybridized carbons (Fsp3) is 0.778. The molecule has 1 heterocycles. The molecule has 1 saturated heterocycles. The number of nitrogens with zero attached hydrogens (tertiary/aromatic N) is 2. The lowest BCUT2D eigenvalue weighted by atomic mass is 9.95. The van der Waals surface area contributed by atoms with Crippen molar-refractivity contribution in [3.63, 3.8) is 0 Å². The van der Waals surface area contributed by atoms with Crippen molar-refractivity contribution in [3.05, 3.63) is 24.3 Å². The van der Waals surface area contributed by atoms with Gasteiger partial charge in [-0.2, -0.15) is 5.11 Å².